The predicted octanol–water partition coefficient (Wildman–Crippen LogP) is 6.25. The number of hydrogen-bond donors (Lipinski definition) is 4. The van der Waals surface area contributed by atoms with Crippen molar-refractivity contribution < 1.29 is 33.6 Å². The number of fused-ring (bicyclic) bond motifs is 1. The molecule has 5 rings (SSSR count). The number of nitrogens with zero attached hydrogens (tertiary/aromatic N) is 1. The molecule has 11 nitrogen and oxygen atoms in total. The fourth-order valence-electron chi connectivity index (χ4n) is 5.10. The SMILES string of the molecule is CCOc1cc([C@@H]2NC(=O)NC(C)=C2C(=O)OC)ccc1OC[C@H](O)N/N=C\c1cc(Cl)c(OCc2ccc3ccccc3c2)c(Cl)c1. The molecule has 2 amide bonds. The molecule has 0 fully saturated rings. The van der Waals surface area contributed by atoms with Crippen LogP contribution in [0.3, 0.4) is 0 Å². The lowest BCUT2D eigenvalue weighted by Crippen LogP contribution is -2.45. The number of halogens is 2. The summed E-state index contributed by atoms with van der Waals surface area (Å²) in [4.78, 5) is 24.6. The van der Waals surface area contributed by atoms with Crippen molar-refractivity contribution >= 4 is 52.2 Å². The zero-order valence-electron chi connectivity index (χ0n) is 26.4. The molecule has 0 spiro atoms. The molecule has 0 aliphatic carbocycles. The Morgan fingerprint density at radius 2 is 1.75 bits per heavy atom. The van der Waals surface area contributed by atoms with Crippen LogP contribution in [0.2, 0.25) is 10.0 Å². The maximum Gasteiger partial charge on any atom is 0.337 e. The fourth-order valence-corrected chi connectivity index (χ4v) is 5.71. The first-order valence-electron chi connectivity index (χ1n) is 15.0. The smallest absolute Gasteiger partial charge is 0.337 e. The molecule has 4 aromatic carbocycles. The van der Waals surface area contributed by atoms with Gasteiger partial charge in [-0.1, -0.05) is 65.7 Å². The van der Waals surface area contributed by atoms with Crippen molar-refractivity contribution in [2.75, 3.05) is 20.3 Å². The van der Waals surface area contributed by atoms with Crippen molar-refractivity contribution in [1.82, 2.24) is 16.1 Å². The van der Waals surface area contributed by atoms with Crippen LogP contribution in [-0.4, -0.2) is 49.9 Å². The number of aliphatic hydroxyl groups excluding tert-OH is 1. The van der Waals surface area contributed by atoms with Gasteiger partial charge in [-0.15, -0.1) is 0 Å². The van der Waals surface area contributed by atoms with Gasteiger partial charge in [0.25, 0.3) is 0 Å². The number of amides is 2. The first kappa shape index (κ1) is 34.4. The second-order valence-corrected chi connectivity index (χ2v) is 11.5. The minimum Gasteiger partial charge on any atom is -0.490 e. The molecule has 1 aliphatic rings. The summed E-state index contributed by atoms with van der Waals surface area (Å²) in [7, 11) is 1.27. The number of urea groups is 1. The average Bonchev–Trinajstić information content (AvgIpc) is 3.06. The largest absolute Gasteiger partial charge is 0.490 e. The maximum absolute atomic E-state index is 12.5. The lowest BCUT2D eigenvalue weighted by molar-refractivity contribution is -0.136. The van der Waals surface area contributed by atoms with Gasteiger partial charge in [0.1, 0.15) is 13.2 Å². The number of ether oxygens (including phenoxy) is 4. The Kier molecular flexibility index (Phi) is 11.3. The number of nitrogens with one attached hydrogen (secondary N) is 3. The van der Waals surface area contributed by atoms with Crippen LogP contribution in [0.15, 0.2) is 89.2 Å². The Morgan fingerprint density at radius 1 is 1.00 bits per heavy atom. The number of carbonyl (C=O) groups is 2. The van der Waals surface area contributed by atoms with Crippen LogP contribution in [0.4, 0.5) is 4.79 Å². The van der Waals surface area contributed by atoms with Crippen molar-refractivity contribution in [3.05, 3.63) is 111 Å². The molecular formula is C35H34Cl2N4O7. The van der Waals surface area contributed by atoms with Gasteiger partial charge in [0.15, 0.2) is 23.5 Å². The van der Waals surface area contributed by atoms with E-state index in [0.717, 1.165) is 16.3 Å². The highest BCUT2D eigenvalue weighted by Gasteiger charge is 2.32. The molecule has 0 radical (unpaired) electrons. The second kappa shape index (κ2) is 15.7. The predicted molar refractivity (Wildman–Crippen MR) is 184 cm³/mol. The van der Waals surface area contributed by atoms with Gasteiger partial charge in [0.2, 0.25) is 0 Å². The Bertz CT molecular complexity index is 1860. The number of hydrazone groups is 1. The maximum atomic E-state index is 12.5. The van der Waals surface area contributed by atoms with Crippen molar-refractivity contribution in [3.8, 4) is 17.2 Å². The van der Waals surface area contributed by atoms with E-state index in [4.69, 9.17) is 42.1 Å². The molecule has 0 saturated carbocycles. The molecule has 0 unspecified atom stereocenters. The summed E-state index contributed by atoms with van der Waals surface area (Å²) in [6, 6.07) is 21.2. The number of methoxy groups -OCH3 is 1. The average molecular weight is 694 g/mol. The van der Waals surface area contributed by atoms with Gasteiger partial charge in [0, 0.05) is 5.70 Å². The first-order valence-corrected chi connectivity index (χ1v) is 15.7. The molecule has 4 N–H and O–H groups in total. The number of aliphatic hydroxyl groups is 1. The van der Waals surface area contributed by atoms with Crippen molar-refractivity contribution in [1.29, 1.82) is 0 Å². The highest BCUT2D eigenvalue weighted by molar-refractivity contribution is 6.37. The topological polar surface area (TPSA) is 140 Å². The van der Waals surface area contributed by atoms with E-state index in [1.807, 2.05) is 30.3 Å². The summed E-state index contributed by atoms with van der Waals surface area (Å²) >= 11 is 13.0. The van der Waals surface area contributed by atoms with Crippen LogP contribution >= 0.6 is 23.2 Å². The number of rotatable bonds is 13. The van der Waals surface area contributed by atoms with Gasteiger partial charge in [0.05, 0.1) is 41.6 Å². The minimum atomic E-state index is -1.19. The zero-order valence-corrected chi connectivity index (χ0v) is 27.9. The number of allylic oxidation sites excluding steroid dienone is 1. The van der Waals surface area contributed by atoms with E-state index in [1.165, 1.54) is 13.3 Å². The highest BCUT2D eigenvalue weighted by atomic mass is 35.5. The van der Waals surface area contributed by atoms with Crippen LogP contribution in [0.1, 0.15) is 36.6 Å². The van der Waals surface area contributed by atoms with Gasteiger partial charge >= 0.3 is 12.0 Å². The third-order valence-corrected chi connectivity index (χ3v) is 7.89. The molecule has 0 saturated heterocycles. The first-order chi connectivity index (χ1) is 23.2. The molecular weight excluding hydrogens is 659 g/mol. The third kappa shape index (κ3) is 8.29. The van der Waals surface area contributed by atoms with Crippen LogP contribution in [0, 0.1) is 0 Å². The summed E-state index contributed by atoms with van der Waals surface area (Å²) in [5.74, 6) is 0.469. The zero-order chi connectivity index (χ0) is 34.2. The van der Waals surface area contributed by atoms with E-state index in [9.17, 15) is 14.7 Å². The van der Waals surface area contributed by atoms with Crippen LogP contribution < -0.4 is 30.3 Å². The van der Waals surface area contributed by atoms with Gasteiger partial charge in [-0.2, -0.15) is 5.10 Å². The Balaban J connectivity index is 1.18. The molecule has 13 heteroatoms. The number of benzene rings is 4. The Morgan fingerprint density at radius 3 is 2.48 bits per heavy atom. The molecule has 0 bridgehead atoms. The summed E-state index contributed by atoms with van der Waals surface area (Å²) in [5.41, 5.74) is 5.37. The van der Waals surface area contributed by atoms with Crippen molar-refractivity contribution in [3.63, 3.8) is 0 Å². The van der Waals surface area contributed by atoms with E-state index in [-0.39, 0.29) is 12.2 Å². The lowest BCUT2D eigenvalue weighted by atomic mass is 9.95. The Hall–Kier alpha value is -4.97. The minimum absolute atomic E-state index is 0.184. The van der Waals surface area contributed by atoms with Crippen LogP contribution in [0.5, 0.6) is 17.2 Å². The molecule has 250 valence electrons. The highest BCUT2D eigenvalue weighted by Crippen LogP contribution is 2.36. The third-order valence-electron chi connectivity index (χ3n) is 7.33. The van der Waals surface area contributed by atoms with Gasteiger partial charge in [-0.25, -0.2) is 9.59 Å². The summed E-state index contributed by atoms with van der Waals surface area (Å²) in [6.07, 6.45) is 0.266. The van der Waals surface area contributed by atoms with E-state index < -0.39 is 24.3 Å². The number of esters is 1. The summed E-state index contributed by atoms with van der Waals surface area (Å²) < 4.78 is 22.4. The lowest BCUT2D eigenvalue weighted by Gasteiger charge is -2.28. The van der Waals surface area contributed by atoms with E-state index >= 15 is 0 Å². The monoisotopic (exact) mass is 692 g/mol. The number of carbonyl (C=O) groups excluding carboxylic acids is 2. The normalized spacial score (nSPS) is 15.1. The molecule has 2 atom stereocenters. The number of hydrogen-bond acceptors (Lipinski definition) is 9. The van der Waals surface area contributed by atoms with E-state index in [0.29, 0.717) is 57.3 Å². The second-order valence-electron chi connectivity index (χ2n) is 10.7. The van der Waals surface area contributed by atoms with E-state index in [1.54, 1.807) is 44.2 Å². The van der Waals surface area contributed by atoms with E-state index in [2.05, 4.69) is 33.3 Å². The summed E-state index contributed by atoms with van der Waals surface area (Å²) in [6.45, 7) is 3.85. The molecule has 4 aromatic rings. The van der Waals surface area contributed by atoms with Crippen LogP contribution in [0.25, 0.3) is 10.8 Å². The van der Waals surface area contributed by atoms with Crippen molar-refractivity contribution in [2.24, 2.45) is 5.10 Å². The quantitative estimate of drug-likeness (QED) is 0.0559. The summed E-state index contributed by atoms with van der Waals surface area (Å²) in [5, 5.41) is 22.8. The van der Waals surface area contributed by atoms with Gasteiger partial charge < -0.3 is 34.7 Å². The molecule has 1 heterocycles. The van der Waals surface area contributed by atoms with Crippen molar-refractivity contribution in [2.45, 2.75) is 32.7 Å². The Labute approximate surface area is 287 Å². The van der Waals surface area contributed by atoms with Crippen LogP contribution in [-0.2, 0) is 16.1 Å². The molecule has 48 heavy (non-hydrogen) atoms. The molecule has 0 aromatic heterocycles. The molecule has 1 aliphatic heterocycles. The van der Waals surface area contributed by atoms with Gasteiger partial charge in [-0.3, -0.25) is 5.43 Å². The standard InChI is InChI=1S/C35H34Cl2N4O7/c1-4-46-29-16-25(32-31(34(43)45-3)20(2)39-35(44)40-32)11-12-28(29)47-19-30(42)41-38-17-22-14-26(36)33(27(37)15-22)48-18-21-9-10-23-7-5-6-8-24(23)13-21/h5-17,30,32,41-42H,4,18-19H2,1-3H3,(H2,39,40,44)/b38-17-/t30-,32-/m0/s1. The van der Waals surface area contributed by atoms with Gasteiger partial charge in [-0.05, 0) is 71.6 Å². The fraction of sp³-hybridized carbons (Fsp3) is 0.229.